The van der Waals surface area contributed by atoms with E-state index in [0.717, 1.165) is 12.1 Å². The molecule has 0 aromatic heterocycles. The van der Waals surface area contributed by atoms with E-state index in [1.165, 1.54) is 0 Å². The van der Waals surface area contributed by atoms with Crippen molar-refractivity contribution >= 4 is 23.2 Å². The highest BCUT2D eigenvalue weighted by molar-refractivity contribution is 6.30. The third-order valence-corrected chi connectivity index (χ3v) is 2.41. The molecule has 1 N–H and O–H groups in total. The maximum atomic E-state index is 11.7. The number of nitrogens with one attached hydrogen (secondary N) is 1. The SMILES string of the molecule is C/C(CC(C)C)=N/NC(=O)c1ccc(Cl)cc1. The number of amides is 1. The van der Waals surface area contributed by atoms with Crippen molar-refractivity contribution in [1.82, 2.24) is 5.43 Å². The summed E-state index contributed by atoms with van der Waals surface area (Å²) in [5, 5.41) is 4.66. The summed E-state index contributed by atoms with van der Waals surface area (Å²) in [6.45, 7) is 6.13. The van der Waals surface area contributed by atoms with E-state index in [9.17, 15) is 4.79 Å². The number of halogens is 1. The molecule has 17 heavy (non-hydrogen) atoms. The smallest absolute Gasteiger partial charge is 0.267 e. The van der Waals surface area contributed by atoms with E-state index in [1.807, 2.05) is 6.92 Å². The van der Waals surface area contributed by atoms with Crippen molar-refractivity contribution in [2.45, 2.75) is 27.2 Å². The predicted molar refractivity (Wildman–Crippen MR) is 71.5 cm³/mol. The molecule has 0 radical (unpaired) electrons. The Balaban J connectivity index is 2.58. The highest BCUT2D eigenvalue weighted by Crippen LogP contribution is 2.09. The topological polar surface area (TPSA) is 41.5 Å². The first kappa shape index (κ1) is 13.7. The Labute approximate surface area is 107 Å². The summed E-state index contributed by atoms with van der Waals surface area (Å²) in [5.41, 5.74) is 4.00. The Kier molecular flexibility index (Phi) is 5.16. The van der Waals surface area contributed by atoms with Crippen LogP contribution in [-0.2, 0) is 0 Å². The minimum absolute atomic E-state index is 0.218. The number of hydrogen-bond acceptors (Lipinski definition) is 2. The van der Waals surface area contributed by atoms with Gasteiger partial charge in [-0.2, -0.15) is 5.10 Å². The number of rotatable bonds is 4. The zero-order valence-electron chi connectivity index (χ0n) is 10.3. The summed E-state index contributed by atoms with van der Waals surface area (Å²) < 4.78 is 0. The first-order valence-electron chi connectivity index (χ1n) is 5.58. The number of hydrogen-bond donors (Lipinski definition) is 1. The fraction of sp³-hybridized carbons (Fsp3) is 0.385. The van der Waals surface area contributed by atoms with Crippen molar-refractivity contribution in [2.75, 3.05) is 0 Å². The van der Waals surface area contributed by atoms with Gasteiger partial charge in [0.25, 0.3) is 5.91 Å². The van der Waals surface area contributed by atoms with Crippen molar-refractivity contribution in [1.29, 1.82) is 0 Å². The summed E-state index contributed by atoms with van der Waals surface area (Å²) in [4.78, 5) is 11.7. The van der Waals surface area contributed by atoms with E-state index in [0.29, 0.717) is 16.5 Å². The Morgan fingerprint density at radius 3 is 2.47 bits per heavy atom. The summed E-state index contributed by atoms with van der Waals surface area (Å²) in [7, 11) is 0. The maximum absolute atomic E-state index is 11.7. The molecule has 1 rings (SSSR count). The van der Waals surface area contributed by atoms with Gasteiger partial charge in [0.2, 0.25) is 0 Å². The van der Waals surface area contributed by atoms with Crippen molar-refractivity contribution in [2.24, 2.45) is 11.0 Å². The highest BCUT2D eigenvalue weighted by atomic mass is 35.5. The molecule has 0 unspecified atom stereocenters. The van der Waals surface area contributed by atoms with E-state index in [1.54, 1.807) is 24.3 Å². The maximum Gasteiger partial charge on any atom is 0.271 e. The molecular formula is C13H17ClN2O. The van der Waals surface area contributed by atoms with E-state index < -0.39 is 0 Å². The lowest BCUT2D eigenvalue weighted by Gasteiger charge is -2.05. The van der Waals surface area contributed by atoms with Crippen molar-refractivity contribution in [3.05, 3.63) is 34.9 Å². The molecule has 0 atom stereocenters. The molecule has 1 aromatic rings. The molecule has 0 saturated heterocycles. The van der Waals surface area contributed by atoms with Crippen LogP contribution in [0.1, 0.15) is 37.6 Å². The molecule has 0 aliphatic rings. The van der Waals surface area contributed by atoms with Gasteiger partial charge >= 0.3 is 0 Å². The number of hydrazone groups is 1. The standard InChI is InChI=1S/C13H17ClN2O/c1-9(2)8-10(3)15-16-13(17)11-4-6-12(14)7-5-11/h4-7,9H,8H2,1-3H3,(H,16,17)/b15-10-. The average molecular weight is 253 g/mol. The van der Waals surface area contributed by atoms with Crippen LogP contribution in [0.15, 0.2) is 29.4 Å². The zero-order valence-corrected chi connectivity index (χ0v) is 11.1. The van der Waals surface area contributed by atoms with Crippen LogP contribution in [0.2, 0.25) is 5.02 Å². The van der Waals surface area contributed by atoms with Gasteiger partial charge in [0.05, 0.1) is 0 Å². The molecule has 1 amide bonds. The van der Waals surface area contributed by atoms with E-state index in [-0.39, 0.29) is 5.91 Å². The van der Waals surface area contributed by atoms with Gasteiger partial charge in [0, 0.05) is 16.3 Å². The lowest BCUT2D eigenvalue weighted by Crippen LogP contribution is -2.19. The monoisotopic (exact) mass is 252 g/mol. The summed E-state index contributed by atoms with van der Waals surface area (Å²) in [6, 6.07) is 6.71. The molecule has 0 bridgehead atoms. The normalized spacial score (nSPS) is 11.7. The van der Waals surface area contributed by atoms with Crippen LogP contribution < -0.4 is 5.43 Å². The molecule has 0 heterocycles. The Hall–Kier alpha value is -1.35. The number of carbonyl (C=O) groups excluding carboxylic acids is 1. The molecule has 0 saturated carbocycles. The van der Waals surface area contributed by atoms with Crippen LogP contribution in [0.4, 0.5) is 0 Å². The Bertz CT molecular complexity index is 410. The van der Waals surface area contributed by atoms with Crippen LogP contribution in [-0.4, -0.2) is 11.6 Å². The van der Waals surface area contributed by atoms with Gasteiger partial charge in [-0.1, -0.05) is 25.4 Å². The highest BCUT2D eigenvalue weighted by Gasteiger charge is 2.04. The minimum Gasteiger partial charge on any atom is -0.267 e. The zero-order chi connectivity index (χ0) is 12.8. The van der Waals surface area contributed by atoms with Gasteiger partial charge in [-0.3, -0.25) is 4.79 Å². The quantitative estimate of drug-likeness (QED) is 0.647. The lowest BCUT2D eigenvalue weighted by atomic mass is 10.1. The van der Waals surface area contributed by atoms with Gasteiger partial charge in [0.15, 0.2) is 0 Å². The van der Waals surface area contributed by atoms with Crippen LogP contribution in [0.3, 0.4) is 0 Å². The summed E-state index contributed by atoms with van der Waals surface area (Å²) >= 11 is 5.74. The second-order valence-corrected chi connectivity index (χ2v) is 4.83. The molecule has 0 spiro atoms. The number of benzene rings is 1. The van der Waals surface area contributed by atoms with Crippen LogP contribution in [0.25, 0.3) is 0 Å². The summed E-state index contributed by atoms with van der Waals surface area (Å²) in [5.74, 6) is 0.316. The molecular weight excluding hydrogens is 236 g/mol. The van der Waals surface area contributed by atoms with E-state index in [4.69, 9.17) is 11.6 Å². The lowest BCUT2D eigenvalue weighted by molar-refractivity contribution is 0.0954. The van der Waals surface area contributed by atoms with Gasteiger partial charge in [-0.25, -0.2) is 5.43 Å². The third kappa shape index (κ3) is 5.00. The van der Waals surface area contributed by atoms with Crippen LogP contribution in [0, 0.1) is 5.92 Å². The van der Waals surface area contributed by atoms with Crippen LogP contribution in [0.5, 0.6) is 0 Å². The molecule has 4 heteroatoms. The first-order valence-corrected chi connectivity index (χ1v) is 5.96. The first-order chi connectivity index (χ1) is 7.99. The molecule has 1 aromatic carbocycles. The van der Waals surface area contributed by atoms with Crippen molar-refractivity contribution in [3.8, 4) is 0 Å². The second kappa shape index (κ2) is 6.40. The molecule has 92 valence electrons. The fourth-order valence-electron chi connectivity index (χ4n) is 1.45. The fourth-order valence-corrected chi connectivity index (χ4v) is 1.57. The third-order valence-electron chi connectivity index (χ3n) is 2.16. The van der Waals surface area contributed by atoms with Gasteiger partial charge in [-0.15, -0.1) is 0 Å². The van der Waals surface area contributed by atoms with E-state index >= 15 is 0 Å². The molecule has 0 fully saturated rings. The number of carbonyl (C=O) groups is 1. The van der Waals surface area contributed by atoms with E-state index in [2.05, 4.69) is 24.4 Å². The predicted octanol–water partition coefficient (Wildman–Crippen LogP) is 3.49. The Morgan fingerprint density at radius 2 is 1.94 bits per heavy atom. The Morgan fingerprint density at radius 1 is 1.35 bits per heavy atom. The summed E-state index contributed by atoms with van der Waals surface area (Å²) in [6.07, 6.45) is 0.876. The van der Waals surface area contributed by atoms with Gasteiger partial charge in [-0.05, 0) is 43.5 Å². The molecule has 0 aliphatic carbocycles. The van der Waals surface area contributed by atoms with Gasteiger partial charge in [0.1, 0.15) is 0 Å². The second-order valence-electron chi connectivity index (χ2n) is 4.39. The number of nitrogens with zero attached hydrogens (tertiary/aromatic N) is 1. The minimum atomic E-state index is -0.218. The van der Waals surface area contributed by atoms with Gasteiger partial charge < -0.3 is 0 Å². The average Bonchev–Trinajstić information content (AvgIpc) is 2.26. The van der Waals surface area contributed by atoms with Crippen molar-refractivity contribution in [3.63, 3.8) is 0 Å². The molecule has 3 nitrogen and oxygen atoms in total. The van der Waals surface area contributed by atoms with Crippen LogP contribution >= 0.6 is 11.6 Å². The van der Waals surface area contributed by atoms with Crippen molar-refractivity contribution < 1.29 is 4.79 Å². The molecule has 0 aliphatic heterocycles. The largest absolute Gasteiger partial charge is 0.271 e.